The van der Waals surface area contributed by atoms with E-state index in [-0.39, 0.29) is 11.9 Å². The second-order valence-electron chi connectivity index (χ2n) is 2.65. The van der Waals surface area contributed by atoms with Crippen molar-refractivity contribution in [2.24, 2.45) is 0 Å². The van der Waals surface area contributed by atoms with Crippen molar-refractivity contribution in [3.63, 3.8) is 0 Å². The summed E-state index contributed by atoms with van der Waals surface area (Å²) in [7, 11) is -2.12. The number of phenols is 1. The minimum Gasteiger partial charge on any atom is -0.504 e. The number of aromatic hydroxyl groups is 1. The smallest absolute Gasteiger partial charge is 0.325 e. The van der Waals surface area contributed by atoms with Gasteiger partial charge in [-0.2, -0.15) is 0 Å². The standard InChI is InChI=1S/C7H8O2.C2H7O3P/c1-9-7-5-3-2-4-6(7)8;1-2-6(3,4)5/h2-5,8H,1H3;2H2,1H3,(H2,3,4,5). The molecule has 1 aromatic carbocycles. The zero-order valence-electron chi connectivity index (χ0n) is 8.62. The Labute approximate surface area is 88.5 Å². The van der Waals surface area contributed by atoms with E-state index in [9.17, 15) is 4.57 Å². The highest BCUT2D eigenvalue weighted by atomic mass is 31.2. The van der Waals surface area contributed by atoms with Crippen molar-refractivity contribution in [3.8, 4) is 11.5 Å². The average Bonchev–Trinajstić information content (AvgIpc) is 2.18. The van der Waals surface area contributed by atoms with E-state index >= 15 is 0 Å². The Morgan fingerprint density at radius 1 is 1.33 bits per heavy atom. The first-order chi connectivity index (χ1) is 6.90. The minimum atomic E-state index is -3.65. The highest BCUT2D eigenvalue weighted by Gasteiger charge is 2.05. The molecule has 0 spiro atoms. The van der Waals surface area contributed by atoms with Gasteiger partial charge in [0, 0.05) is 6.16 Å². The number of ether oxygens (including phenoxy) is 1. The lowest BCUT2D eigenvalue weighted by Crippen LogP contribution is -1.80. The number of hydrogen-bond donors (Lipinski definition) is 3. The molecule has 0 heterocycles. The van der Waals surface area contributed by atoms with Gasteiger partial charge in [-0.3, -0.25) is 4.57 Å². The summed E-state index contributed by atoms with van der Waals surface area (Å²) in [5.41, 5.74) is 0. The van der Waals surface area contributed by atoms with Crippen molar-refractivity contribution in [3.05, 3.63) is 24.3 Å². The van der Waals surface area contributed by atoms with Crippen LogP contribution in [-0.2, 0) is 4.57 Å². The second-order valence-corrected chi connectivity index (χ2v) is 4.61. The molecule has 0 aliphatic carbocycles. The van der Waals surface area contributed by atoms with E-state index in [1.54, 1.807) is 24.3 Å². The lowest BCUT2D eigenvalue weighted by molar-refractivity contribution is 0.373. The molecule has 0 radical (unpaired) electrons. The summed E-state index contributed by atoms with van der Waals surface area (Å²) in [4.78, 5) is 15.9. The maximum Gasteiger partial charge on any atom is 0.325 e. The quantitative estimate of drug-likeness (QED) is 0.676. The molecule has 0 bridgehead atoms. The van der Waals surface area contributed by atoms with Gasteiger partial charge in [0.2, 0.25) is 0 Å². The first-order valence-electron chi connectivity index (χ1n) is 4.27. The molecule has 0 aliphatic rings. The lowest BCUT2D eigenvalue weighted by atomic mass is 10.3. The van der Waals surface area contributed by atoms with Crippen LogP contribution < -0.4 is 4.74 Å². The van der Waals surface area contributed by atoms with Crippen molar-refractivity contribution in [2.45, 2.75) is 6.92 Å². The summed E-state index contributed by atoms with van der Waals surface area (Å²) in [6.07, 6.45) is -0.0625. The molecule has 5 nitrogen and oxygen atoms in total. The van der Waals surface area contributed by atoms with Gasteiger partial charge in [0.15, 0.2) is 11.5 Å². The molecule has 0 aromatic heterocycles. The first kappa shape index (κ1) is 14.0. The van der Waals surface area contributed by atoms with Gasteiger partial charge in [0.05, 0.1) is 7.11 Å². The third-order valence-electron chi connectivity index (χ3n) is 1.50. The summed E-state index contributed by atoms with van der Waals surface area (Å²) in [5, 5.41) is 8.99. The van der Waals surface area contributed by atoms with Gasteiger partial charge in [-0.1, -0.05) is 19.1 Å². The Morgan fingerprint density at radius 2 is 1.80 bits per heavy atom. The van der Waals surface area contributed by atoms with E-state index < -0.39 is 7.60 Å². The van der Waals surface area contributed by atoms with Crippen molar-refractivity contribution in [1.29, 1.82) is 0 Å². The maximum absolute atomic E-state index is 9.69. The Balaban J connectivity index is 0.000000288. The number of methoxy groups -OCH3 is 1. The number of rotatable bonds is 2. The van der Waals surface area contributed by atoms with Crippen molar-refractivity contribution < 1.29 is 24.2 Å². The maximum atomic E-state index is 9.69. The van der Waals surface area contributed by atoms with Gasteiger partial charge in [-0.25, -0.2) is 0 Å². The molecule has 0 unspecified atom stereocenters. The fraction of sp³-hybridized carbons (Fsp3) is 0.333. The van der Waals surface area contributed by atoms with Crippen LogP contribution in [0, 0.1) is 0 Å². The fourth-order valence-corrected chi connectivity index (χ4v) is 0.630. The van der Waals surface area contributed by atoms with E-state index in [4.69, 9.17) is 19.6 Å². The predicted molar refractivity (Wildman–Crippen MR) is 57.2 cm³/mol. The van der Waals surface area contributed by atoms with Gasteiger partial charge >= 0.3 is 7.60 Å². The van der Waals surface area contributed by atoms with E-state index in [1.165, 1.54) is 14.0 Å². The van der Waals surface area contributed by atoms with Crippen LogP contribution in [0.25, 0.3) is 0 Å². The molecule has 0 aliphatic heterocycles. The normalized spacial score (nSPS) is 10.1. The van der Waals surface area contributed by atoms with E-state index in [2.05, 4.69) is 0 Å². The van der Waals surface area contributed by atoms with Crippen LogP contribution >= 0.6 is 7.60 Å². The van der Waals surface area contributed by atoms with E-state index in [1.807, 2.05) is 0 Å². The summed E-state index contributed by atoms with van der Waals surface area (Å²) in [6, 6.07) is 6.84. The van der Waals surface area contributed by atoms with E-state index in [0.717, 1.165) is 0 Å². The fourth-order valence-electron chi connectivity index (χ4n) is 0.630. The van der Waals surface area contributed by atoms with Crippen LogP contribution in [0.1, 0.15) is 6.92 Å². The first-order valence-corrected chi connectivity index (χ1v) is 6.07. The Hall–Kier alpha value is -1.03. The molecule has 86 valence electrons. The van der Waals surface area contributed by atoms with Crippen molar-refractivity contribution >= 4 is 7.60 Å². The zero-order chi connectivity index (χ0) is 11.9. The number of benzene rings is 1. The molecule has 1 rings (SSSR count). The third kappa shape index (κ3) is 6.96. The Morgan fingerprint density at radius 3 is 2.07 bits per heavy atom. The van der Waals surface area contributed by atoms with Gasteiger partial charge < -0.3 is 19.6 Å². The molecule has 0 amide bonds. The molecule has 0 saturated carbocycles. The van der Waals surface area contributed by atoms with Crippen LogP contribution in [0.5, 0.6) is 11.5 Å². The topological polar surface area (TPSA) is 87.0 Å². The van der Waals surface area contributed by atoms with Crippen LogP contribution in [0.2, 0.25) is 0 Å². The molecule has 1 aromatic rings. The molecule has 0 fully saturated rings. The Kier molecular flexibility index (Phi) is 6.01. The summed E-state index contributed by atoms with van der Waals surface area (Å²) in [6.45, 7) is 1.45. The summed E-state index contributed by atoms with van der Waals surface area (Å²) in [5.74, 6) is 0.692. The summed E-state index contributed by atoms with van der Waals surface area (Å²) < 4.78 is 14.5. The predicted octanol–water partition coefficient (Wildman–Crippen LogP) is 1.58. The Bertz CT molecular complexity index is 333. The van der Waals surface area contributed by atoms with Crippen LogP contribution in [0.4, 0.5) is 0 Å². The molecule has 6 heteroatoms. The van der Waals surface area contributed by atoms with E-state index in [0.29, 0.717) is 5.75 Å². The number of hydrogen-bond acceptors (Lipinski definition) is 3. The lowest BCUT2D eigenvalue weighted by Gasteiger charge is -1.99. The van der Waals surface area contributed by atoms with Crippen LogP contribution in [0.3, 0.4) is 0 Å². The monoisotopic (exact) mass is 234 g/mol. The van der Waals surface area contributed by atoms with Gasteiger partial charge in [-0.05, 0) is 12.1 Å². The third-order valence-corrected chi connectivity index (χ3v) is 2.32. The highest BCUT2D eigenvalue weighted by molar-refractivity contribution is 7.51. The average molecular weight is 234 g/mol. The molecular formula is C9H15O5P. The largest absolute Gasteiger partial charge is 0.504 e. The number of phenolic OH excluding ortho intramolecular Hbond substituents is 1. The van der Waals surface area contributed by atoms with Gasteiger partial charge in [0.1, 0.15) is 0 Å². The SMILES string of the molecule is CCP(=O)(O)O.COc1ccccc1O. The number of para-hydroxylation sites is 2. The van der Waals surface area contributed by atoms with Crippen LogP contribution in [0.15, 0.2) is 24.3 Å². The van der Waals surface area contributed by atoms with Gasteiger partial charge in [-0.15, -0.1) is 0 Å². The minimum absolute atomic E-state index is 0.0625. The molecular weight excluding hydrogens is 219 g/mol. The second kappa shape index (κ2) is 6.45. The van der Waals surface area contributed by atoms with Crippen molar-refractivity contribution in [1.82, 2.24) is 0 Å². The zero-order valence-corrected chi connectivity index (χ0v) is 9.52. The molecule has 15 heavy (non-hydrogen) atoms. The molecule has 3 N–H and O–H groups in total. The van der Waals surface area contributed by atoms with Crippen molar-refractivity contribution in [2.75, 3.05) is 13.3 Å². The molecule has 0 saturated heterocycles. The highest BCUT2D eigenvalue weighted by Crippen LogP contribution is 2.32. The molecule has 0 atom stereocenters. The van der Waals surface area contributed by atoms with Gasteiger partial charge in [0.25, 0.3) is 0 Å². The van der Waals surface area contributed by atoms with Crippen LogP contribution in [-0.4, -0.2) is 28.2 Å². The summed E-state index contributed by atoms with van der Waals surface area (Å²) >= 11 is 0.